The maximum Gasteiger partial charge on any atom is 0.350 e. The van der Waals surface area contributed by atoms with Crippen molar-refractivity contribution in [1.29, 1.82) is 0 Å². The molecule has 20 heavy (non-hydrogen) atoms. The number of nitrogens with zero attached hydrogens (tertiary/aromatic N) is 3. The third-order valence-corrected chi connectivity index (χ3v) is 3.13. The Labute approximate surface area is 115 Å². The summed E-state index contributed by atoms with van der Waals surface area (Å²) < 4.78 is 2.48. The molecule has 1 amide bonds. The molecule has 0 aliphatic carbocycles. The molecule has 2 rings (SSSR count). The molecule has 0 aromatic carbocycles. The molecular formula is C13H18N4O3. The number of aromatic nitrogens is 3. The summed E-state index contributed by atoms with van der Waals surface area (Å²) in [6, 6.07) is 4.86. The number of fused-ring (bicyclic) bond motifs is 1. The van der Waals surface area contributed by atoms with Gasteiger partial charge in [-0.15, -0.1) is 5.10 Å². The summed E-state index contributed by atoms with van der Waals surface area (Å²) in [7, 11) is 0. The maximum absolute atomic E-state index is 12.0. The fraction of sp³-hybridized carbons (Fsp3) is 0.462. The summed E-state index contributed by atoms with van der Waals surface area (Å²) in [5.41, 5.74) is 0.133. The zero-order chi connectivity index (χ0) is 14.7. The molecule has 0 unspecified atom stereocenters. The largest absolute Gasteiger partial charge is 0.394 e. The number of pyridine rings is 1. The molecule has 0 radical (unpaired) electrons. The average Bonchev–Trinajstić information content (AvgIpc) is 2.73. The van der Waals surface area contributed by atoms with Crippen LogP contribution < -0.4 is 11.0 Å². The van der Waals surface area contributed by atoms with Crippen LogP contribution in [0.1, 0.15) is 13.8 Å². The van der Waals surface area contributed by atoms with Crippen LogP contribution >= 0.6 is 0 Å². The number of hydrogen-bond acceptors (Lipinski definition) is 4. The van der Waals surface area contributed by atoms with Crippen LogP contribution in [0.4, 0.5) is 0 Å². The second-order valence-corrected chi connectivity index (χ2v) is 4.97. The van der Waals surface area contributed by atoms with E-state index in [0.29, 0.717) is 5.65 Å². The zero-order valence-electron chi connectivity index (χ0n) is 11.5. The molecule has 1 atom stereocenters. The van der Waals surface area contributed by atoms with Gasteiger partial charge in [0.25, 0.3) is 0 Å². The van der Waals surface area contributed by atoms with Gasteiger partial charge in [-0.25, -0.2) is 9.48 Å². The Balaban J connectivity index is 2.14. The van der Waals surface area contributed by atoms with Gasteiger partial charge in [-0.05, 0) is 18.1 Å². The van der Waals surface area contributed by atoms with Gasteiger partial charge in [-0.3, -0.25) is 9.20 Å². The number of hydrogen-bond donors (Lipinski definition) is 2. The summed E-state index contributed by atoms with van der Waals surface area (Å²) in [6.45, 7) is 3.50. The predicted molar refractivity (Wildman–Crippen MR) is 73.3 cm³/mol. The van der Waals surface area contributed by atoms with Gasteiger partial charge >= 0.3 is 5.69 Å². The minimum atomic E-state index is -0.360. The Morgan fingerprint density at radius 1 is 1.45 bits per heavy atom. The van der Waals surface area contributed by atoms with Crippen molar-refractivity contribution in [2.24, 2.45) is 5.92 Å². The van der Waals surface area contributed by atoms with E-state index in [1.807, 2.05) is 13.8 Å². The van der Waals surface area contributed by atoms with E-state index in [1.54, 1.807) is 24.4 Å². The van der Waals surface area contributed by atoms with Crippen molar-refractivity contribution in [1.82, 2.24) is 19.5 Å². The van der Waals surface area contributed by atoms with Crippen LogP contribution in [-0.4, -0.2) is 37.8 Å². The minimum absolute atomic E-state index is 0.113. The first-order valence-corrected chi connectivity index (χ1v) is 6.47. The van der Waals surface area contributed by atoms with Gasteiger partial charge in [0.2, 0.25) is 5.91 Å². The van der Waals surface area contributed by atoms with Gasteiger partial charge in [0.1, 0.15) is 6.54 Å². The lowest BCUT2D eigenvalue weighted by Crippen LogP contribution is -2.43. The first-order chi connectivity index (χ1) is 9.52. The monoisotopic (exact) mass is 278 g/mol. The summed E-state index contributed by atoms with van der Waals surface area (Å²) in [5.74, 6) is -0.231. The van der Waals surface area contributed by atoms with E-state index < -0.39 is 0 Å². The highest BCUT2D eigenvalue weighted by molar-refractivity contribution is 5.76. The van der Waals surface area contributed by atoms with Crippen molar-refractivity contribution in [3.63, 3.8) is 0 Å². The highest BCUT2D eigenvalue weighted by Gasteiger charge is 2.16. The highest BCUT2D eigenvalue weighted by atomic mass is 16.3. The van der Waals surface area contributed by atoms with Crippen LogP contribution in [0.3, 0.4) is 0 Å². The molecule has 0 aliphatic rings. The molecule has 108 valence electrons. The molecular weight excluding hydrogens is 260 g/mol. The Kier molecular flexibility index (Phi) is 4.19. The molecule has 0 fully saturated rings. The third kappa shape index (κ3) is 2.88. The first kappa shape index (κ1) is 14.3. The van der Waals surface area contributed by atoms with E-state index in [0.717, 1.165) is 4.68 Å². The molecule has 7 heteroatoms. The Hall–Kier alpha value is -2.15. The van der Waals surface area contributed by atoms with Gasteiger partial charge in [0, 0.05) is 6.20 Å². The van der Waals surface area contributed by atoms with Gasteiger partial charge in [-0.1, -0.05) is 19.9 Å². The lowest BCUT2D eigenvalue weighted by atomic mass is 10.1. The Morgan fingerprint density at radius 3 is 2.80 bits per heavy atom. The average molecular weight is 278 g/mol. The fourth-order valence-corrected chi connectivity index (χ4v) is 1.88. The summed E-state index contributed by atoms with van der Waals surface area (Å²) >= 11 is 0. The summed E-state index contributed by atoms with van der Waals surface area (Å²) in [6.07, 6.45) is 1.60. The van der Waals surface area contributed by atoms with Crippen molar-refractivity contribution < 1.29 is 9.90 Å². The van der Waals surface area contributed by atoms with Crippen LogP contribution in [0.2, 0.25) is 0 Å². The predicted octanol–water partition coefficient (Wildman–Crippen LogP) is -0.371. The van der Waals surface area contributed by atoms with E-state index in [1.165, 1.54) is 4.40 Å². The van der Waals surface area contributed by atoms with Crippen LogP contribution in [0.25, 0.3) is 5.65 Å². The number of amides is 1. The summed E-state index contributed by atoms with van der Waals surface area (Å²) in [4.78, 5) is 23.9. The summed E-state index contributed by atoms with van der Waals surface area (Å²) in [5, 5.41) is 15.9. The number of nitrogens with one attached hydrogen (secondary N) is 1. The number of rotatable bonds is 5. The molecule has 0 bridgehead atoms. The Bertz CT molecular complexity index is 659. The van der Waals surface area contributed by atoms with Crippen molar-refractivity contribution in [2.45, 2.75) is 26.4 Å². The van der Waals surface area contributed by atoms with Crippen molar-refractivity contribution >= 4 is 11.6 Å². The molecule has 2 heterocycles. The normalized spacial score (nSPS) is 12.8. The number of aliphatic hydroxyl groups is 1. The SMILES string of the molecule is CC(C)[C@@H](CO)NC(=O)Cn1nc2ccccn2c1=O. The smallest absolute Gasteiger partial charge is 0.350 e. The second-order valence-electron chi connectivity index (χ2n) is 4.97. The quantitative estimate of drug-likeness (QED) is 0.781. The van der Waals surface area contributed by atoms with Crippen molar-refractivity contribution in [2.75, 3.05) is 6.61 Å². The highest BCUT2D eigenvalue weighted by Crippen LogP contribution is 2.00. The standard InChI is InChI=1S/C13H18N4O3/c1-9(2)10(8-18)14-12(19)7-17-13(20)16-6-4-3-5-11(16)15-17/h3-6,9-10,18H,7-8H2,1-2H3,(H,14,19)/t10-/m1/s1. The van der Waals surface area contributed by atoms with Crippen LogP contribution in [-0.2, 0) is 11.3 Å². The lowest BCUT2D eigenvalue weighted by molar-refractivity contribution is -0.123. The third-order valence-electron chi connectivity index (χ3n) is 3.13. The van der Waals surface area contributed by atoms with E-state index in [-0.39, 0.29) is 36.7 Å². The number of carbonyl (C=O) groups excluding carboxylic acids is 1. The topological polar surface area (TPSA) is 88.6 Å². The molecule has 2 aromatic rings. The van der Waals surface area contributed by atoms with E-state index in [2.05, 4.69) is 10.4 Å². The molecule has 7 nitrogen and oxygen atoms in total. The number of aliphatic hydroxyl groups excluding tert-OH is 1. The van der Waals surface area contributed by atoms with Crippen LogP contribution in [0.15, 0.2) is 29.2 Å². The molecule has 0 aliphatic heterocycles. The first-order valence-electron chi connectivity index (χ1n) is 6.47. The molecule has 0 spiro atoms. The van der Waals surface area contributed by atoms with Gasteiger partial charge in [-0.2, -0.15) is 0 Å². The van der Waals surface area contributed by atoms with Crippen LogP contribution in [0.5, 0.6) is 0 Å². The van der Waals surface area contributed by atoms with Crippen molar-refractivity contribution in [3.8, 4) is 0 Å². The van der Waals surface area contributed by atoms with Crippen molar-refractivity contribution in [3.05, 3.63) is 34.9 Å². The van der Waals surface area contributed by atoms with Crippen LogP contribution in [0, 0.1) is 5.92 Å². The van der Waals surface area contributed by atoms with Gasteiger partial charge in [0.05, 0.1) is 12.6 Å². The maximum atomic E-state index is 12.0. The zero-order valence-corrected chi connectivity index (χ0v) is 11.5. The van der Waals surface area contributed by atoms with Gasteiger partial charge < -0.3 is 10.4 Å². The van der Waals surface area contributed by atoms with E-state index in [4.69, 9.17) is 0 Å². The van der Waals surface area contributed by atoms with Gasteiger partial charge in [0.15, 0.2) is 5.65 Å². The fourth-order valence-electron chi connectivity index (χ4n) is 1.88. The second kappa shape index (κ2) is 5.87. The molecule has 2 aromatic heterocycles. The Morgan fingerprint density at radius 2 is 2.20 bits per heavy atom. The lowest BCUT2D eigenvalue weighted by Gasteiger charge is -2.19. The number of carbonyl (C=O) groups is 1. The van der Waals surface area contributed by atoms with E-state index in [9.17, 15) is 14.7 Å². The minimum Gasteiger partial charge on any atom is -0.394 e. The molecule has 0 saturated carbocycles. The van der Waals surface area contributed by atoms with E-state index >= 15 is 0 Å². The molecule has 0 saturated heterocycles. The molecule has 2 N–H and O–H groups in total.